The molecule has 0 aromatic rings. The molecule has 0 aromatic carbocycles. The zero-order chi connectivity index (χ0) is 8.69. The highest BCUT2D eigenvalue weighted by Crippen LogP contribution is 1.92. The van der Waals surface area contributed by atoms with Crippen LogP contribution in [0.15, 0.2) is 12.7 Å². The third-order valence-corrected chi connectivity index (χ3v) is 1.56. The van der Waals surface area contributed by atoms with Crippen molar-refractivity contribution in [2.75, 3.05) is 27.2 Å². The van der Waals surface area contributed by atoms with Crippen molar-refractivity contribution in [3.63, 3.8) is 0 Å². The predicted octanol–water partition coefficient (Wildman–Crippen LogP) is -0.00150. The first-order valence-electron chi connectivity index (χ1n) is 3.93. The van der Waals surface area contributed by atoms with E-state index in [1.54, 1.807) is 0 Å². The number of rotatable bonds is 6. The van der Waals surface area contributed by atoms with Crippen LogP contribution in [0, 0.1) is 0 Å². The Morgan fingerprint density at radius 2 is 2.27 bits per heavy atom. The summed E-state index contributed by atoms with van der Waals surface area (Å²) in [4.78, 5) is 2.12. The molecule has 3 heteroatoms. The van der Waals surface area contributed by atoms with E-state index in [1.165, 1.54) is 0 Å². The van der Waals surface area contributed by atoms with Crippen LogP contribution in [0.3, 0.4) is 0 Å². The van der Waals surface area contributed by atoms with E-state index in [2.05, 4.69) is 16.8 Å². The topological polar surface area (TPSA) is 41.3 Å². The van der Waals surface area contributed by atoms with Gasteiger partial charge in [0, 0.05) is 6.54 Å². The zero-order valence-electron chi connectivity index (χ0n) is 7.51. The quantitative estimate of drug-likeness (QED) is 0.421. The van der Waals surface area contributed by atoms with Crippen LogP contribution in [-0.4, -0.2) is 38.3 Å². The van der Waals surface area contributed by atoms with E-state index in [4.69, 9.17) is 5.73 Å². The lowest BCUT2D eigenvalue weighted by Gasteiger charge is -2.24. The minimum atomic E-state index is 0.373. The summed E-state index contributed by atoms with van der Waals surface area (Å²) in [6, 6.07) is 0. The Balaban J connectivity index is 3.59. The molecule has 0 heterocycles. The van der Waals surface area contributed by atoms with Crippen molar-refractivity contribution in [1.29, 1.82) is 0 Å². The van der Waals surface area contributed by atoms with Gasteiger partial charge in [0.1, 0.15) is 0 Å². The molecule has 3 N–H and O–H groups in total. The second-order valence-corrected chi connectivity index (χ2v) is 2.75. The Hall–Kier alpha value is -0.380. The zero-order valence-corrected chi connectivity index (χ0v) is 7.51. The molecule has 0 spiro atoms. The molecule has 0 amide bonds. The van der Waals surface area contributed by atoms with Crippen molar-refractivity contribution in [1.82, 2.24) is 10.2 Å². The summed E-state index contributed by atoms with van der Waals surface area (Å²) in [6.07, 6.45) is 3.20. The molecular formula is C8H19N3. The molecule has 0 rings (SSSR count). The van der Waals surface area contributed by atoms with Gasteiger partial charge in [0.2, 0.25) is 0 Å². The third kappa shape index (κ3) is 4.95. The van der Waals surface area contributed by atoms with Gasteiger partial charge in [-0.2, -0.15) is 0 Å². The van der Waals surface area contributed by atoms with E-state index in [0.29, 0.717) is 12.7 Å². The van der Waals surface area contributed by atoms with E-state index in [0.717, 1.165) is 13.0 Å². The molecule has 0 aromatic heterocycles. The fourth-order valence-electron chi connectivity index (χ4n) is 0.920. The highest BCUT2D eigenvalue weighted by Gasteiger charge is 2.06. The summed E-state index contributed by atoms with van der Waals surface area (Å²) >= 11 is 0. The SMILES string of the molecule is C=CCNC(CCN)N(C)C. The molecule has 0 aliphatic heterocycles. The summed E-state index contributed by atoms with van der Waals surface area (Å²) in [5.74, 6) is 0. The average Bonchev–Trinajstić information content (AvgIpc) is 1.97. The Kier molecular flexibility index (Phi) is 6.12. The maximum absolute atomic E-state index is 5.45. The van der Waals surface area contributed by atoms with E-state index >= 15 is 0 Å². The minimum absolute atomic E-state index is 0.373. The lowest BCUT2D eigenvalue weighted by atomic mass is 10.3. The van der Waals surface area contributed by atoms with Gasteiger partial charge in [-0.1, -0.05) is 6.08 Å². The van der Waals surface area contributed by atoms with Crippen molar-refractivity contribution in [2.24, 2.45) is 5.73 Å². The summed E-state index contributed by atoms with van der Waals surface area (Å²) in [5.41, 5.74) is 5.45. The lowest BCUT2D eigenvalue weighted by Crippen LogP contribution is -2.42. The van der Waals surface area contributed by atoms with Crippen LogP contribution in [0.25, 0.3) is 0 Å². The Labute approximate surface area is 69.3 Å². The number of nitrogens with two attached hydrogens (primary N) is 1. The predicted molar refractivity (Wildman–Crippen MR) is 49.3 cm³/mol. The molecule has 0 aliphatic carbocycles. The maximum Gasteiger partial charge on any atom is 0.0606 e. The van der Waals surface area contributed by atoms with E-state index in [-0.39, 0.29) is 0 Å². The third-order valence-electron chi connectivity index (χ3n) is 1.56. The van der Waals surface area contributed by atoms with Gasteiger partial charge in [0.15, 0.2) is 0 Å². The normalized spacial score (nSPS) is 13.5. The van der Waals surface area contributed by atoms with Crippen LogP contribution in [-0.2, 0) is 0 Å². The Morgan fingerprint density at radius 3 is 2.64 bits per heavy atom. The van der Waals surface area contributed by atoms with Gasteiger partial charge in [-0.05, 0) is 27.1 Å². The number of nitrogens with one attached hydrogen (secondary N) is 1. The van der Waals surface area contributed by atoms with Crippen molar-refractivity contribution in [3.05, 3.63) is 12.7 Å². The van der Waals surface area contributed by atoms with Crippen LogP contribution >= 0.6 is 0 Å². The molecule has 1 unspecified atom stereocenters. The van der Waals surface area contributed by atoms with Gasteiger partial charge < -0.3 is 5.73 Å². The summed E-state index contributed by atoms with van der Waals surface area (Å²) in [7, 11) is 4.08. The molecule has 66 valence electrons. The summed E-state index contributed by atoms with van der Waals surface area (Å²) in [5, 5.41) is 3.30. The van der Waals surface area contributed by atoms with Crippen LogP contribution in [0.2, 0.25) is 0 Å². The Bertz CT molecular complexity index is 102. The van der Waals surface area contributed by atoms with Gasteiger partial charge in [-0.3, -0.25) is 10.2 Å². The van der Waals surface area contributed by atoms with Crippen LogP contribution in [0.1, 0.15) is 6.42 Å². The second kappa shape index (κ2) is 6.34. The first kappa shape index (κ1) is 10.6. The van der Waals surface area contributed by atoms with Gasteiger partial charge in [-0.15, -0.1) is 6.58 Å². The van der Waals surface area contributed by atoms with Crippen molar-refractivity contribution >= 4 is 0 Å². The maximum atomic E-state index is 5.45. The molecule has 0 radical (unpaired) electrons. The fourth-order valence-corrected chi connectivity index (χ4v) is 0.920. The number of hydrogen-bond acceptors (Lipinski definition) is 3. The molecular weight excluding hydrogens is 138 g/mol. The fraction of sp³-hybridized carbons (Fsp3) is 0.750. The molecule has 11 heavy (non-hydrogen) atoms. The molecule has 0 bridgehead atoms. The summed E-state index contributed by atoms with van der Waals surface area (Å²) in [6.45, 7) is 5.19. The first-order valence-corrected chi connectivity index (χ1v) is 3.93. The van der Waals surface area contributed by atoms with Gasteiger partial charge in [0.05, 0.1) is 6.17 Å². The first-order chi connectivity index (χ1) is 5.22. The van der Waals surface area contributed by atoms with Crippen molar-refractivity contribution in [3.8, 4) is 0 Å². The monoisotopic (exact) mass is 157 g/mol. The van der Waals surface area contributed by atoms with Crippen LogP contribution < -0.4 is 11.1 Å². The Morgan fingerprint density at radius 1 is 1.64 bits per heavy atom. The van der Waals surface area contributed by atoms with Gasteiger partial charge in [0.25, 0.3) is 0 Å². The molecule has 0 saturated heterocycles. The van der Waals surface area contributed by atoms with Crippen LogP contribution in [0.4, 0.5) is 0 Å². The molecule has 1 atom stereocenters. The highest BCUT2D eigenvalue weighted by molar-refractivity contribution is 4.73. The van der Waals surface area contributed by atoms with E-state index in [1.807, 2.05) is 20.2 Å². The minimum Gasteiger partial charge on any atom is -0.330 e. The smallest absolute Gasteiger partial charge is 0.0606 e. The molecule has 0 saturated carbocycles. The van der Waals surface area contributed by atoms with E-state index < -0.39 is 0 Å². The summed E-state index contributed by atoms with van der Waals surface area (Å²) < 4.78 is 0. The number of nitrogens with zero attached hydrogens (tertiary/aromatic N) is 1. The average molecular weight is 157 g/mol. The lowest BCUT2D eigenvalue weighted by molar-refractivity contribution is 0.242. The van der Waals surface area contributed by atoms with Crippen LogP contribution in [0.5, 0.6) is 0 Å². The van der Waals surface area contributed by atoms with E-state index in [9.17, 15) is 0 Å². The largest absolute Gasteiger partial charge is 0.330 e. The van der Waals surface area contributed by atoms with Crippen molar-refractivity contribution < 1.29 is 0 Å². The molecule has 3 nitrogen and oxygen atoms in total. The number of hydrogen-bond donors (Lipinski definition) is 2. The molecule has 0 aliphatic rings. The highest BCUT2D eigenvalue weighted by atomic mass is 15.2. The van der Waals surface area contributed by atoms with Gasteiger partial charge in [-0.25, -0.2) is 0 Å². The second-order valence-electron chi connectivity index (χ2n) is 2.75. The van der Waals surface area contributed by atoms with Crippen molar-refractivity contribution in [2.45, 2.75) is 12.6 Å². The van der Waals surface area contributed by atoms with Gasteiger partial charge >= 0.3 is 0 Å². The standard InChI is InChI=1S/C8H19N3/c1-4-7-10-8(5-6-9)11(2)3/h4,8,10H,1,5-7,9H2,2-3H3. The molecule has 0 fully saturated rings.